The van der Waals surface area contributed by atoms with Crippen LogP contribution >= 0.6 is 11.6 Å². The summed E-state index contributed by atoms with van der Waals surface area (Å²) >= 11 is 6.05. The van der Waals surface area contributed by atoms with Gasteiger partial charge in [-0.05, 0) is 43.7 Å². The molecule has 0 atom stereocenters. The number of ether oxygens (including phenoxy) is 2. The first-order valence-electron chi connectivity index (χ1n) is 8.17. The first-order valence-corrected chi connectivity index (χ1v) is 8.55. The van der Waals surface area contributed by atoms with E-state index in [0.717, 1.165) is 16.5 Å². The van der Waals surface area contributed by atoms with Gasteiger partial charge in [-0.1, -0.05) is 17.7 Å². The van der Waals surface area contributed by atoms with Gasteiger partial charge >= 0.3 is 0 Å². The van der Waals surface area contributed by atoms with Gasteiger partial charge in [0.2, 0.25) is 5.91 Å². The van der Waals surface area contributed by atoms with Crippen LogP contribution in [0.25, 0.3) is 10.9 Å². The predicted molar refractivity (Wildman–Crippen MR) is 105 cm³/mol. The fourth-order valence-corrected chi connectivity index (χ4v) is 3.10. The number of benzene rings is 2. The van der Waals surface area contributed by atoms with Crippen LogP contribution in [0.15, 0.2) is 42.6 Å². The number of hydrogen-bond acceptors (Lipinski definition) is 3. The number of H-pyrrole nitrogens is 1. The maximum atomic E-state index is 13.1. The largest absolute Gasteiger partial charge is 0.497 e. The Morgan fingerprint density at radius 1 is 1.12 bits per heavy atom. The summed E-state index contributed by atoms with van der Waals surface area (Å²) in [4.78, 5) is 16.2. The molecule has 0 bridgehead atoms. The predicted octanol–water partition coefficient (Wildman–Crippen LogP) is 4.75. The molecule has 1 heterocycles. The number of aromatic nitrogens is 1. The van der Waals surface area contributed by atoms with E-state index in [1.54, 1.807) is 32.4 Å². The van der Waals surface area contributed by atoms with Crippen molar-refractivity contribution in [2.45, 2.75) is 19.3 Å². The topological polar surface area (TPSA) is 63.4 Å². The highest BCUT2D eigenvalue weighted by Crippen LogP contribution is 2.35. The Morgan fingerprint density at radius 3 is 2.58 bits per heavy atom. The average Bonchev–Trinajstić information content (AvgIpc) is 3.05. The third-order valence-corrected chi connectivity index (χ3v) is 4.77. The first-order chi connectivity index (χ1) is 12.4. The van der Waals surface area contributed by atoms with Crippen molar-refractivity contribution in [1.82, 2.24) is 4.98 Å². The molecule has 2 aromatic carbocycles. The molecule has 0 aliphatic carbocycles. The molecule has 26 heavy (non-hydrogen) atoms. The van der Waals surface area contributed by atoms with E-state index in [1.807, 2.05) is 38.2 Å². The Morgan fingerprint density at radius 2 is 1.88 bits per heavy atom. The van der Waals surface area contributed by atoms with Crippen LogP contribution in [-0.2, 0) is 10.2 Å². The molecule has 0 fully saturated rings. The van der Waals surface area contributed by atoms with Gasteiger partial charge in [0.05, 0.1) is 25.3 Å². The van der Waals surface area contributed by atoms with Crippen molar-refractivity contribution in [2.24, 2.45) is 0 Å². The Bertz CT molecular complexity index is 963. The third kappa shape index (κ3) is 3.22. The zero-order valence-electron chi connectivity index (χ0n) is 15.1. The van der Waals surface area contributed by atoms with E-state index < -0.39 is 5.41 Å². The highest BCUT2D eigenvalue weighted by atomic mass is 35.5. The van der Waals surface area contributed by atoms with E-state index in [0.29, 0.717) is 22.2 Å². The Kier molecular flexibility index (Phi) is 4.83. The number of amides is 1. The molecule has 3 rings (SSSR count). The Balaban J connectivity index is 1.95. The summed E-state index contributed by atoms with van der Waals surface area (Å²) in [6, 6.07) is 10.9. The van der Waals surface area contributed by atoms with Crippen molar-refractivity contribution in [3.8, 4) is 11.5 Å². The molecule has 2 N–H and O–H groups in total. The second kappa shape index (κ2) is 6.92. The maximum absolute atomic E-state index is 13.1. The van der Waals surface area contributed by atoms with E-state index >= 15 is 0 Å². The normalized spacial score (nSPS) is 11.4. The molecule has 0 saturated heterocycles. The summed E-state index contributed by atoms with van der Waals surface area (Å²) in [6.07, 6.45) is 1.85. The minimum absolute atomic E-state index is 0.153. The number of carbonyl (C=O) groups excluding carboxylic acids is 1. The molecule has 0 spiro atoms. The standard InChI is InChI=1S/C20H21ClN2O3/c1-20(2,15-11-22-16-9-12(21)5-7-14(15)16)19(24)23-17-10-13(25-3)6-8-18(17)26-4/h5-11,22H,1-4H3,(H,23,24). The van der Waals surface area contributed by atoms with Gasteiger partial charge in [-0.25, -0.2) is 0 Å². The third-order valence-electron chi connectivity index (χ3n) is 4.54. The van der Waals surface area contributed by atoms with E-state index in [-0.39, 0.29) is 5.91 Å². The monoisotopic (exact) mass is 372 g/mol. The van der Waals surface area contributed by atoms with Crippen LogP contribution in [0.2, 0.25) is 5.02 Å². The number of hydrogen-bond donors (Lipinski definition) is 2. The SMILES string of the molecule is COc1ccc(OC)c(NC(=O)C(C)(C)c2c[nH]c3cc(Cl)ccc23)c1. The number of fused-ring (bicyclic) bond motifs is 1. The molecule has 136 valence electrons. The van der Waals surface area contributed by atoms with Crippen LogP contribution in [0, 0.1) is 0 Å². The number of methoxy groups -OCH3 is 2. The van der Waals surface area contributed by atoms with Crippen LogP contribution in [-0.4, -0.2) is 25.1 Å². The second-order valence-corrected chi connectivity index (χ2v) is 6.97. The Hall–Kier alpha value is -2.66. The molecule has 1 amide bonds. The van der Waals surface area contributed by atoms with Gasteiger partial charge in [0.1, 0.15) is 11.5 Å². The molecule has 1 aromatic heterocycles. The first kappa shape index (κ1) is 18.1. The van der Waals surface area contributed by atoms with Gasteiger partial charge < -0.3 is 19.8 Å². The summed E-state index contributed by atoms with van der Waals surface area (Å²) in [5.41, 5.74) is 1.57. The van der Waals surface area contributed by atoms with E-state index in [2.05, 4.69) is 10.3 Å². The molecular weight excluding hydrogens is 352 g/mol. The molecule has 0 unspecified atom stereocenters. The van der Waals surface area contributed by atoms with Crippen molar-refractivity contribution in [2.75, 3.05) is 19.5 Å². The van der Waals surface area contributed by atoms with Crippen LogP contribution < -0.4 is 14.8 Å². The lowest BCUT2D eigenvalue weighted by Crippen LogP contribution is -2.34. The van der Waals surface area contributed by atoms with Crippen molar-refractivity contribution in [3.05, 3.63) is 53.2 Å². The average molecular weight is 373 g/mol. The van der Waals surface area contributed by atoms with Crippen LogP contribution in [0.3, 0.4) is 0 Å². The molecule has 3 aromatic rings. The minimum atomic E-state index is -0.778. The van der Waals surface area contributed by atoms with Crippen LogP contribution in [0.5, 0.6) is 11.5 Å². The summed E-state index contributed by atoms with van der Waals surface area (Å²) < 4.78 is 10.6. The number of aromatic amines is 1. The van der Waals surface area contributed by atoms with Crippen LogP contribution in [0.1, 0.15) is 19.4 Å². The number of anilines is 1. The number of nitrogens with one attached hydrogen (secondary N) is 2. The maximum Gasteiger partial charge on any atom is 0.234 e. The smallest absolute Gasteiger partial charge is 0.234 e. The minimum Gasteiger partial charge on any atom is -0.497 e. The zero-order chi connectivity index (χ0) is 18.9. The number of carbonyl (C=O) groups is 1. The highest BCUT2D eigenvalue weighted by molar-refractivity contribution is 6.31. The quantitative estimate of drug-likeness (QED) is 0.679. The summed E-state index contributed by atoms with van der Waals surface area (Å²) in [6.45, 7) is 3.76. The van der Waals surface area contributed by atoms with Gasteiger partial charge in [-0.3, -0.25) is 4.79 Å². The molecule has 0 saturated carbocycles. The fourth-order valence-electron chi connectivity index (χ4n) is 2.93. The zero-order valence-corrected chi connectivity index (χ0v) is 15.9. The lowest BCUT2D eigenvalue weighted by molar-refractivity contribution is -0.120. The van der Waals surface area contributed by atoms with Gasteiger partial charge in [-0.2, -0.15) is 0 Å². The molecule has 0 aliphatic heterocycles. The van der Waals surface area contributed by atoms with E-state index in [9.17, 15) is 4.79 Å². The van der Waals surface area contributed by atoms with Crippen LogP contribution in [0.4, 0.5) is 5.69 Å². The van der Waals surface area contributed by atoms with Gasteiger partial charge in [0.25, 0.3) is 0 Å². The molecule has 0 aliphatic rings. The Labute approximate surface area is 157 Å². The van der Waals surface area contributed by atoms with E-state index in [1.165, 1.54) is 0 Å². The molecule has 6 heteroatoms. The summed E-state index contributed by atoms with van der Waals surface area (Å²) in [5, 5.41) is 4.57. The summed E-state index contributed by atoms with van der Waals surface area (Å²) in [5.74, 6) is 1.06. The summed E-state index contributed by atoms with van der Waals surface area (Å²) in [7, 11) is 3.14. The highest BCUT2D eigenvalue weighted by Gasteiger charge is 2.33. The van der Waals surface area contributed by atoms with Gasteiger partial charge in [0, 0.05) is 28.2 Å². The van der Waals surface area contributed by atoms with Crippen molar-refractivity contribution >= 4 is 34.1 Å². The van der Waals surface area contributed by atoms with E-state index in [4.69, 9.17) is 21.1 Å². The number of rotatable bonds is 5. The number of halogens is 1. The second-order valence-electron chi connectivity index (χ2n) is 6.54. The lowest BCUT2D eigenvalue weighted by Gasteiger charge is -2.24. The molecule has 0 radical (unpaired) electrons. The van der Waals surface area contributed by atoms with Crippen molar-refractivity contribution in [1.29, 1.82) is 0 Å². The van der Waals surface area contributed by atoms with Gasteiger partial charge in [-0.15, -0.1) is 0 Å². The van der Waals surface area contributed by atoms with Gasteiger partial charge in [0.15, 0.2) is 0 Å². The molecular formula is C20H21ClN2O3. The van der Waals surface area contributed by atoms with Crippen molar-refractivity contribution < 1.29 is 14.3 Å². The lowest BCUT2D eigenvalue weighted by atomic mass is 9.83. The van der Waals surface area contributed by atoms with Crippen molar-refractivity contribution in [3.63, 3.8) is 0 Å². The molecule has 5 nitrogen and oxygen atoms in total. The fraction of sp³-hybridized carbons (Fsp3) is 0.250.